The van der Waals surface area contributed by atoms with Gasteiger partial charge in [0.1, 0.15) is 6.61 Å². The first-order chi connectivity index (χ1) is 13.7. The summed E-state index contributed by atoms with van der Waals surface area (Å²) >= 11 is 0. The normalized spacial score (nSPS) is 10.7. The van der Waals surface area contributed by atoms with Crippen molar-refractivity contribution in [2.45, 2.75) is 25.9 Å². The van der Waals surface area contributed by atoms with Crippen molar-refractivity contribution in [2.75, 3.05) is 52.9 Å². The number of rotatable bonds is 18. The van der Waals surface area contributed by atoms with Crippen molar-refractivity contribution < 1.29 is 38.4 Å². The molecule has 0 aromatic heterocycles. The molecule has 0 spiro atoms. The second-order valence-corrected chi connectivity index (χ2v) is 5.84. The highest BCUT2D eigenvalue weighted by molar-refractivity contribution is 5.69. The molecule has 0 radical (unpaired) electrons. The predicted octanol–water partition coefficient (Wildman–Crippen LogP) is 2.05. The highest BCUT2D eigenvalue weighted by Gasteiger charge is 2.03. The van der Waals surface area contributed by atoms with E-state index in [1.54, 1.807) is 0 Å². The average molecular weight is 398 g/mol. The van der Waals surface area contributed by atoms with E-state index in [2.05, 4.69) is 0 Å². The van der Waals surface area contributed by atoms with Gasteiger partial charge in [-0.25, -0.2) is 0 Å². The summed E-state index contributed by atoms with van der Waals surface area (Å²) in [6, 6.07) is 9.52. The van der Waals surface area contributed by atoms with E-state index >= 15 is 0 Å². The second kappa shape index (κ2) is 17.1. The van der Waals surface area contributed by atoms with Gasteiger partial charge in [0.15, 0.2) is 0 Å². The molecule has 0 atom stereocenters. The minimum absolute atomic E-state index is 0.117. The molecule has 0 fully saturated rings. The Bertz CT molecular complexity index is 520. The van der Waals surface area contributed by atoms with Crippen molar-refractivity contribution in [2.24, 2.45) is 0 Å². The van der Waals surface area contributed by atoms with Crippen LogP contribution in [0, 0.1) is 0 Å². The van der Waals surface area contributed by atoms with E-state index in [-0.39, 0.29) is 25.4 Å². The summed E-state index contributed by atoms with van der Waals surface area (Å²) < 4.78 is 26.4. The minimum atomic E-state index is -0.816. The third-order valence-electron chi connectivity index (χ3n) is 3.49. The molecule has 0 aliphatic carbocycles. The zero-order chi connectivity index (χ0) is 20.3. The zero-order valence-corrected chi connectivity index (χ0v) is 16.2. The molecule has 28 heavy (non-hydrogen) atoms. The number of carbonyl (C=O) groups is 2. The van der Waals surface area contributed by atoms with Crippen molar-refractivity contribution in [3.05, 3.63) is 35.9 Å². The Morgan fingerprint density at radius 3 is 1.82 bits per heavy atom. The van der Waals surface area contributed by atoms with Gasteiger partial charge < -0.3 is 28.8 Å². The topological polar surface area (TPSA) is 101 Å². The lowest BCUT2D eigenvalue weighted by Gasteiger charge is -2.08. The number of carboxylic acid groups (broad SMARTS) is 1. The monoisotopic (exact) mass is 398 g/mol. The Labute approximate surface area is 165 Å². The van der Waals surface area contributed by atoms with Crippen LogP contribution in [0.15, 0.2) is 30.3 Å². The molecule has 0 aliphatic heterocycles. The molecule has 0 saturated carbocycles. The fourth-order valence-corrected chi connectivity index (χ4v) is 2.05. The van der Waals surface area contributed by atoms with Crippen LogP contribution >= 0.6 is 0 Å². The fourth-order valence-electron chi connectivity index (χ4n) is 2.05. The van der Waals surface area contributed by atoms with Gasteiger partial charge in [0.2, 0.25) is 0 Å². The van der Waals surface area contributed by atoms with E-state index in [0.717, 1.165) is 5.56 Å². The quantitative estimate of drug-likeness (QED) is 0.296. The van der Waals surface area contributed by atoms with Crippen LogP contribution in [-0.2, 0) is 39.9 Å². The fraction of sp³-hybridized carbons (Fsp3) is 0.600. The van der Waals surface area contributed by atoms with E-state index in [1.807, 2.05) is 30.3 Å². The lowest BCUT2D eigenvalue weighted by molar-refractivity contribution is -0.146. The first-order valence-electron chi connectivity index (χ1n) is 9.41. The third-order valence-corrected chi connectivity index (χ3v) is 3.49. The summed E-state index contributed by atoms with van der Waals surface area (Å²) in [6.07, 6.45) is 0.831. The van der Waals surface area contributed by atoms with Crippen LogP contribution < -0.4 is 0 Å². The standard InChI is InChI=1S/C20H30O8/c21-19(22)7-4-9-24-11-13-26-15-16-27-14-12-25-10-8-20(23)28-17-18-5-2-1-3-6-18/h1-3,5-6H,4,7-17H2,(H,21,22). The van der Waals surface area contributed by atoms with E-state index in [1.165, 1.54) is 0 Å². The van der Waals surface area contributed by atoms with Crippen LogP contribution in [0.2, 0.25) is 0 Å². The van der Waals surface area contributed by atoms with Crippen LogP contribution in [0.4, 0.5) is 0 Å². The molecular formula is C20H30O8. The van der Waals surface area contributed by atoms with Gasteiger partial charge in [0, 0.05) is 13.0 Å². The molecule has 1 aromatic rings. The molecule has 1 N–H and O–H groups in total. The van der Waals surface area contributed by atoms with Crippen LogP contribution in [0.1, 0.15) is 24.8 Å². The highest BCUT2D eigenvalue weighted by Crippen LogP contribution is 2.01. The molecule has 0 saturated heterocycles. The average Bonchev–Trinajstić information content (AvgIpc) is 2.70. The maximum absolute atomic E-state index is 11.6. The SMILES string of the molecule is O=C(O)CCCOCCOCCOCCOCCC(=O)OCc1ccccc1. The molecule has 0 heterocycles. The summed E-state index contributed by atoms with van der Waals surface area (Å²) in [5, 5.41) is 8.47. The van der Waals surface area contributed by atoms with Crippen LogP contribution in [0.3, 0.4) is 0 Å². The Balaban J connectivity index is 1.77. The molecular weight excluding hydrogens is 368 g/mol. The zero-order valence-electron chi connectivity index (χ0n) is 16.2. The number of carboxylic acids is 1. The van der Waals surface area contributed by atoms with Gasteiger partial charge in [-0.1, -0.05) is 30.3 Å². The highest BCUT2D eigenvalue weighted by atomic mass is 16.6. The Morgan fingerprint density at radius 2 is 1.25 bits per heavy atom. The smallest absolute Gasteiger partial charge is 0.308 e. The van der Waals surface area contributed by atoms with Gasteiger partial charge in [-0.05, 0) is 12.0 Å². The van der Waals surface area contributed by atoms with Gasteiger partial charge in [-0.15, -0.1) is 0 Å². The number of hydrogen-bond donors (Lipinski definition) is 1. The largest absolute Gasteiger partial charge is 0.481 e. The summed E-state index contributed by atoms with van der Waals surface area (Å²) in [7, 11) is 0. The number of carbonyl (C=O) groups excluding carboxylic acids is 1. The second-order valence-electron chi connectivity index (χ2n) is 5.84. The first kappa shape index (κ1) is 24.0. The van der Waals surface area contributed by atoms with Gasteiger partial charge >= 0.3 is 11.9 Å². The van der Waals surface area contributed by atoms with Crippen LogP contribution in [-0.4, -0.2) is 69.9 Å². The van der Waals surface area contributed by atoms with Crippen LogP contribution in [0.25, 0.3) is 0 Å². The summed E-state index contributed by atoms with van der Waals surface area (Å²) in [4.78, 5) is 21.9. The number of benzene rings is 1. The number of ether oxygens (including phenoxy) is 5. The first-order valence-corrected chi connectivity index (χ1v) is 9.41. The maximum atomic E-state index is 11.6. The molecule has 1 aromatic carbocycles. The maximum Gasteiger partial charge on any atom is 0.308 e. The Hall–Kier alpha value is -2.00. The Morgan fingerprint density at radius 1 is 0.714 bits per heavy atom. The molecule has 158 valence electrons. The number of hydrogen-bond acceptors (Lipinski definition) is 7. The summed E-state index contributed by atoms with van der Waals surface area (Å²) in [5.74, 6) is -1.10. The van der Waals surface area contributed by atoms with Crippen LogP contribution in [0.5, 0.6) is 0 Å². The van der Waals surface area contributed by atoms with E-state index < -0.39 is 5.97 Å². The van der Waals surface area contributed by atoms with E-state index in [0.29, 0.717) is 59.3 Å². The molecule has 8 nitrogen and oxygen atoms in total. The lowest BCUT2D eigenvalue weighted by atomic mass is 10.2. The summed E-state index contributed by atoms with van der Waals surface area (Å²) in [6.45, 7) is 3.59. The van der Waals surface area contributed by atoms with Crippen molar-refractivity contribution >= 4 is 11.9 Å². The van der Waals surface area contributed by atoms with E-state index in [9.17, 15) is 9.59 Å². The van der Waals surface area contributed by atoms with Crippen molar-refractivity contribution in [1.82, 2.24) is 0 Å². The Kier molecular flexibility index (Phi) is 14.7. The predicted molar refractivity (Wildman–Crippen MR) is 101 cm³/mol. The van der Waals surface area contributed by atoms with Gasteiger partial charge in [-0.3, -0.25) is 9.59 Å². The molecule has 0 unspecified atom stereocenters. The van der Waals surface area contributed by atoms with Crippen molar-refractivity contribution in [3.8, 4) is 0 Å². The van der Waals surface area contributed by atoms with Gasteiger partial charge in [0.25, 0.3) is 0 Å². The molecule has 0 aliphatic rings. The number of aliphatic carboxylic acids is 1. The number of esters is 1. The van der Waals surface area contributed by atoms with E-state index in [4.69, 9.17) is 28.8 Å². The molecule has 1 rings (SSSR count). The lowest BCUT2D eigenvalue weighted by Crippen LogP contribution is -2.13. The van der Waals surface area contributed by atoms with Crippen molar-refractivity contribution in [1.29, 1.82) is 0 Å². The third kappa shape index (κ3) is 15.1. The molecule has 0 bridgehead atoms. The van der Waals surface area contributed by atoms with Gasteiger partial charge in [-0.2, -0.15) is 0 Å². The van der Waals surface area contributed by atoms with Crippen molar-refractivity contribution in [3.63, 3.8) is 0 Å². The molecule has 8 heteroatoms. The van der Waals surface area contributed by atoms with Gasteiger partial charge in [0.05, 0.1) is 52.7 Å². The minimum Gasteiger partial charge on any atom is -0.481 e. The summed E-state index contributed by atoms with van der Waals surface area (Å²) in [5.41, 5.74) is 0.956. The molecule has 0 amide bonds.